The number of sulfonamides is 1. The third-order valence-electron chi connectivity index (χ3n) is 3.92. The second-order valence-corrected chi connectivity index (χ2v) is 7.60. The number of hydrogen-bond acceptors (Lipinski definition) is 4. The summed E-state index contributed by atoms with van der Waals surface area (Å²) in [6.45, 7) is 0. The van der Waals surface area contributed by atoms with Gasteiger partial charge in [-0.3, -0.25) is 9.52 Å². The third-order valence-corrected chi connectivity index (χ3v) is 5.30. The number of amides is 1. The van der Waals surface area contributed by atoms with Crippen molar-refractivity contribution >= 4 is 33.0 Å². The first-order valence-electron chi connectivity index (χ1n) is 7.58. The predicted molar refractivity (Wildman–Crippen MR) is 95.0 cm³/mol. The zero-order chi connectivity index (χ0) is 17.3. The lowest BCUT2D eigenvalue weighted by molar-refractivity contribution is -0.116. The van der Waals surface area contributed by atoms with Crippen molar-refractivity contribution in [2.75, 3.05) is 29.0 Å². The van der Waals surface area contributed by atoms with Crippen LogP contribution < -0.4 is 14.9 Å². The van der Waals surface area contributed by atoms with Gasteiger partial charge in [0.15, 0.2) is 0 Å². The highest BCUT2D eigenvalue weighted by Gasteiger charge is 2.20. The number of nitrogens with one attached hydrogen (secondary N) is 2. The van der Waals surface area contributed by atoms with Crippen molar-refractivity contribution in [2.45, 2.75) is 17.7 Å². The second kappa shape index (κ2) is 6.16. The molecule has 0 fully saturated rings. The van der Waals surface area contributed by atoms with E-state index >= 15 is 0 Å². The fourth-order valence-electron chi connectivity index (χ4n) is 2.57. The smallest absolute Gasteiger partial charge is 0.261 e. The second-order valence-electron chi connectivity index (χ2n) is 5.91. The number of nitrogens with zero attached hydrogens (tertiary/aromatic N) is 1. The van der Waals surface area contributed by atoms with Crippen LogP contribution in [0.1, 0.15) is 12.0 Å². The molecule has 7 heteroatoms. The first kappa shape index (κ1) is 16.3. The molecular weight excluding hydrogens is 326 g/mol. The van der Waals surface area contributed by atoms with E-state index in [4.69, 9.17) is 0 Å². The lowest BCUT2D eigenvalue weighted by Gasteiger charge is -2.18. The summed E-state index contributed by atoms with van der Waals surface area (Å²) in [5.41, 5.74) is 3.01. The Morgan fingerprint density at radius 3 is 2.42 bits per heavy atom. The molecule has 24 heavy (non-hydrogen) atoms. The van der Waals surface area contributed by atoms with Crippen molar-refractivity contribution in [1.82, 2.24) is 0 Å². The number of anilines is 3. The van der Waals surface area contributed by atoms with Gasteiger partial charge in [-0.05, 0) is 54.4 Å². The van der Waals surface area contributed by atoms with Crippen LogP contribution in [-0.2, 0) is 21.2 Å². The standard InChI is InChI=1S/C17H19N3O3S/c1-20(2)14-6-4-13(5-7-14)19-24(22,23)15-8-9-16-12(11-15)3-10-17(21)18-16/h4-9,11,19H,3,10H2,1-2H3,(H,18,21). The van der Waals surface area contributed by atoms with E-state index in [2.05, 4.69) is 10.0 Å². The average molecular weight is 345 g/mol. The minimum Gasteiger partial charge on any atom is -0.378 e. The number of aryl methyl sites for hydroxylation is 1. The highest BCUT2D eigenvalue weighted by Crippen LogP contribution is 2.26. The summed E-state index contributed by atoms with van der Waals surface area (Å²) in [4.78, 5) is 13.5. The van der Waals surface area contributed by atoms with Crippen LogP contribution >= 0.6 is 0 Å². The Morgan fingerprint density at radius 2 is 1.75 bits per heavy atom. The fraction of sp³-hybridized carbons (Fsp3) is 0.235. The third kappa shape index (κ3) is 3.35. The molecule has 0 bridgehead atoms. The molecule has 126 valence electrons. The Bertz CT molecular complexity index is 874. The minimum absolute atomic E-state index is 0.0442. The molecule has 0 aliphatic carbocycles. The van der Waals surface area contributed by atoms with Crippen molar-refractivity contribution in [3.8, 4) is 0 Å². The van der Waals surface area contributed by atoms with Gasteiger partial charge in [0.1, 0.15) is 0 Å². The Hall–Kier alpha value is -2.54. The molecule has 6 nitrogen and oxygen atoms in total. The van der Waals surface area contributed by atoms with Crippen molar-refractivity contribution in [2.24, 2.45) is 0 Å². The lowest BCUT2D eigenvalue weighted by Crippen LogP contribution is -2.20. The first-order valence-corrected chi connectivity index (χ1v) is 9.06. The highest BCUT2D eigenvalue weighted by atomic mass is 32.2. The van der Waals surface area contributed by atoms with E-state index in [-0.39, 0.29) is 10.8 Å². The van der Waals surface area contributed by atoms with Gasteiger partial charge in [-0.2, -0.15) is 0 Å². The molecule has 2 aromatic rings. The summed E-state index contributed by atoms with van der Waals surface area (Å²) in [6, 6.07) is 11.9. The first-order chi connectivity index (χ1) is 11.3. The molecule has 0 radical (unpaired) electrons. The summed E-state index contributed by atoms with van der Waals surface area (Å²) in [7, 11) is 0.174. The Labute approximate surface area is 141 Å². The summed E-state index contributed by atoms with van der Waals surface area (Å²) in [5, 5.41) is 2.75. The zero-order valence-corrected chi connectivity index (χ0v) is 14.4. The van der Waals surface area contributed by atoms with Gasteiger partial charge in [-0.15, -0.1) is 0 Å². The number of hydrogen-bond donors (Lipinski definition) is 2. The number of rotatable bonds is 4. The molecule has 3 rings (SSSR count). The molecule has 0 atom stereocenters. The largest absolute Gasteiger partial charge is 0.378 e. The van der Waals surface area contributed by atoms with Crippen molar-refractivity contribution < 1.29 is 13.2 Å². The molecule has 0 aromatic heterocycles. The van der Waals surface area contributed by atoms with Crippen molar-refractivity contribution in [3.63, 3.8) is 0 Å². The Kier molecular flexibility index (Phi) is 4.19. The van der Waals surface area contributed by atoms with E-state index in [1.54, 1.807) is 24.3 Å². The van der Waals surface area contributed by atoms with Crippen LogP contribution in [0.4, 0.5) is 17.1 Å². The van der Waals surface area contributed by atoms with Gasteiger partial charge >= 0.3 is 0 Å². The summed E-state index contributed by atoms with van der Waals surface area (Å²) in [5.74, 6) is -0.0442. The number of carbonyl (C=O) groups is 1. The van der Waals surface area contributed by atoms with Gasteiger partial charge in [0.25, 0.3) is 10.0 Å². The molecule has 1 aliphatic rings. The molecule has 2 N–H and O–H groups in total. The molecule has 1 aliphatic heterocycles. The Morgan fingerprint density at radius 1 is 1.04 bits per heavy atom. The van der Waals surface area contributed by atoms with Crippen LogP contribution in [0.5, 0.6) is 0 Å². The summed E-state index contributed by atoms with van der Waals surface area (Å²) < 4.78 is 27.7. The van der Waals surface area contributed by atoms with Crippen LogP contribution in [0, 0.1) is 0 Å². The number of carbonyl (C=O) groups excluding carboxylic acids is 1. The van der Waals surface area contributed by atoms with E-state index in [9.17, 15) is 13.2 Å². The molecule has 2 aromatic carbocycles. The predicted octanol–water partition coefficient (Wildman–Crippen LogP) is 2.44. The zero-order valence-electron chi connectivity index (χ0n) is 13.5. The molecule has 0 unspecified atom stereocenters. The van der Waals surface area contributed by atoms with Crippen LogP contribution in [0.15, 0.2) is 47.4 Å². The topological polar surface area (TPSA) is 78.5 Å². The number of benzene rings is 2. The van der Waals surface area contributed by atoms with Gasteiger partial charge in [0.2, 0.25) is 5.91 Å². The van der Waals surface area contributed by atoms with Crippen LogP contribution in [-0.4, -0.2) is 28.4 Å². The van der Waals surface area contributed by atoms with Gasteiger partial charge < -0.3 is 10.2 Å². The van der Waals surface area contributed by atoms with Crippen LogP contribution in [0.2, 0.25) is 0 Å². The normalized spacial score (nSPS) is 13.8. The SMILES string of the molecule is CN(C)c1ccc(NS(=O)(=O)c2ccc3c(c2)CCC(=O)N3)cc1. The summed E-state index contributed by atoms with van der Waals surface area (Å²) in [6.07, 6.45) is 0.915. The van der Waals surface area contributed by atoms with E-state index in [0.29, 0.717) is 24.2 Å². The molecule has 0 saturated carbocycles. The maximum absolute atomic E-state index is 12.6. The maximum atomic E-state index is 12.6. The van der Waals surface area contributed by atoms with E-state index < -0.39 is 10.0 Å². The van der Waals surface area contributed by atoms with Gasteiger partial charge in [-0.25, -0.2) is 8.42 Å². The number of fused-ring (bicyclic) bond motifs is 1. The van der Waals surface area contributed by atoms with Gasteiger partial charge in [-0.1, -0.05) is 0 Å². The van der Waals surface area contributed by atoms with Crippen molar-refractivity contribution in [3.05, 3.63) is 48.0 Å². The average Bonchev–Trinajstić information content (AvgIpc) is 2.54. The quantitative estimate of drug-likeness (QED) is 0.892. The molecular formula is C17H19N3O3S. The molecule has 0 spiro atoms. The van der Waals surface area contributed by atoms with Gasteiger partial charge in [0.05, 0.1) is 4.90 Å². The van der Waals surface area contributed by atoms with Gasteiger partial charge in [0, 0.05) is 37.6 Å². The van der Waals surface area contributed by atoms with Crippen LogP contribution in [0.3, 0.4) is 0 Å². The van der Waals surface area contributed by atoms with E-state index in [1.807, 2.05) is 31.1 Å². The molecule has 0 saturated heterocycles. The summed E-state index contributed by atoms with van der Waals surface area (Å²) >= 11 is 0. The molecule has 1 amide bonds. The van der Waals surface area contributed by atoms with E-state index in [0.717, 1.165) is 11.3 Å². The van der Waals surface area contributed by atoms with Crippen molar-refractivity contribution in [1.29, 1.82) is 0 Å². The molecule has 1 heterocycles. The fourth-order valence-corrected chi connectivity index (χ4v) is 3.68. The Balaban J connectivity index is 1.84. The monoisotopic (exact) mass is 345 g/mol. The van der Waals surface area contributed by atoms with Crippen LogP contribution in [0.25, 0.3) is 0 Å². The minimum atomic E-state index is -3.67. The maximum Gasteiger partial charge on any atom is 0.261 e. The highest BCUT2D eigenvalue weighted by molar-refractivity contribution is 7.92. The van der Waals surface area contributed by atoms with E-state index in [1.165, 1.54) is 6.07 Å². The lowest BCUT2D eigenvalue weighted by atomic mass is 10.0.